The zero-order chi connectivity index (χ0) is 8.65. The number of hydrogen-bond donors (Lipinski definition) is 0. The van der Waals surface area contributed by atoms with E-state index in [1.165, 1.54) is 6.42 Å². The molecule has 0 bridgehead atoms. The highest BCUT2D eigenvalue weighted by Crippen LogP contribution is 2.39. The van der Waals surface area contributed by atoms with Crippen LogP contribution in [0.1, 0.15) is 40.5 Å². The average Bonchev–Trinajstić information content (AvgIpc) is 1.95. The van der Waals surface area contributed by atoms with Crippen molar-refractivity contribution < 1.29 is 4.79 Å². The Hall–Kier alpha value is -0.330. The first-order chi connectivity index (χ1) is 4.96. The van der Waals surface area contributed by atoms with Crippen LogP contribution in [-0.4, -0.2) is 5.78 Å². The minimum Gasteiger partial charge on any atom is -0.299 e. The maximum atomic E-state index is 11.7. The highest BCUT2D eigenvalue weighted by Gasteiger charge is 2.39. The summed E-state index contributed by atoms with van der Waals surface area (Å²) in [6.45, 7) is 8.39. The number of ketones is 1. The van der Waals surface area contributed by atoms with Gasteiger partial charge in [-0.05, 0) is 18.8 Å². The normalized spacial score (nSPS) is 37.3. The van der Waals surface area contributed by atoms with Gasteiger partial charge < -0.3 is 0 Å². The van der Waals surface area contributed by atoms with Crippen molar-refractivity contribution in [2.75, 3.05) is 0 Å². The van der Waals surface area contributed by atoms with E-state index in [4.69, 9.17) is 0 Å². The fourth-order valence-electron chi connectivity index (χ4n) is 1.87. The van der Waals surface area contributed by atoms with Crippen LogP contribution in [0.4, 0.5) is 0 Å². The van der Waals surface area contributed by atoms with Crippen LogP contribution in [0.15, 0.2) is 0 Å². The quantitative estimate of drug-likeness (QED) is 0.524. The van der Waals surface area contributed by atoms with Gasteiger partial charge in [0.15, 0.2) is 0 Å². The lowest BCUT2D eigenvalue weighted by molar-refractivity contribution is -0.136. The molecule has 1 saturated carbocycles. The van der Waals surface area contributed by atoms with Crippen LogP contribution in [0.5, 0.6) is 0 Å². The molecule has 1 unspecified atom stereocenters. The molecule has 1 aliphatic rings. The van der Waals surface area contributed by atoms with Gasteiger partial charge in [0.2, 0.25) is 0 Å². The van der Waals surface area contributed by atoms with Crippen LogP contribution < -0.4 is 0 Å². The minimum absolute atomic E-state index is 0.0718. The lowest BCUT2D eigenvalue weighted by Crippen LogP contribution is -2.39. The topological polar surface area (TPSA) is 17.1 Å². The third kappa shape index (κ3) is 1.33. The number of Topliss-reactive ketones (excluding diaryl/α,β-unsaturated/α-hetero) is 1. The van der Waals surface area contributed by atoms with Gasteiger partial charge >= 0.3 is 0 Å². The van der Waals surface area contributed by atoms with Crippen molar-refractivity contribution in [2.24, 2.45) is 17.3 Å². The van der Waals surface area contributed by atoms with Crippen LogP contribution in [-0.2, 0) is 4.79 Å². The lowest BCUT2D eigenvalue weighted by Gasteiger charge is -2.37. The van der Waals surface area contributed by atoms with Crippen molar-refractivity contribution in [1.82, 2.24) is 0 Å². The summed E-state index contributed by atoms with van der Waals surface area (Å²) in [6.07, 6.45) is 2.29. The van der Waals surface area contributed by atoms with Gasteiger partial charge in [-0.25, -0.2) is 0 Å². The predicted octanol–water partition coefficient (Wildman–Crippen LogP) is 2.65. The molecule has 0 radical (unpaired) electrons. The summed E-state index contributed by atoms with van der Waals surface area (Å²) in [5.41, 5.74) is -0.0718. The maximum Gasteiger partial charge on any atom is 0.141 e. The summed E-state index contributed by atoms with van der Waals surface area (Å²) < 4.78 is 0. The number of carbonyl (C=O) groups excluding carboxylic acids is 1. The Morgan fingerprint density at radius 1 is 1.27 bits per heavy atom. The lowest BCUT2D eigenvalue weighted by atomic mass is 9.65. The second kappa shape index (κ2) is 2.62. The van der Waals surface area contributed by atoms with E-state index in [-0.39, 0.29) is 5.41 Å². The molecule has 1 fully saturated rings. The van der Waals surface area contributed by atoms with Crippen LogP contribution in [0.3, 0.4) is 0 Å². The molecule has 0 N–H and O–H groups in total. The molecule has 0 aromatic rings. The second-order valence-corrected chi connectivity index (χ2v) is 4.47. The van der Waals surface area contributed by atoms with Gasteiger partial charge in [-0.1, -0.05) is 27.7 Å². The first kappa shape index (κ1) is 8.76. The van der Waals surface area contributed by atoms with Crippen molar-refractivity contribution in [3.8, 4) is 0 Å². The second-order valence-electron chi connectivity index (χ2n) is 4.47. The summed E-state index contributed by atoms with van der Waals surface area (Å²) >= 11 is 0. The first-order valence-electron chi connectivity index (χ1n) is 4.50. The Morgan fingerprint density at radius 2 is 1.82 bits per heavy atom. The van der Waals surface area contributed by atoms with Gasteiger partial charge in [0.05, 0.1) is 0 Å². The summed E-state index contributed by atoms with van der Waals surface area (Å²) in [5, 5.41) is 0. The monoisotopic (exact) mass is 154 g/mol. The molecule has 0 amide bonds. The summed E-state index contributed by atoms with van der Waals surface area (Å²) in [7, 11) is 0. The highest BCUT2D eigenvalue weighted by atomic mass is 16.1. The molecular formula is C10H18O. The minimum atomic E-state index is -0.0718. The predicted molar refractivity (Wildman–Crippen MR) is 46.4 cm³/mol. The Kier molecular flexibility index (Phi) is 2.08. The van der Waals surface area contributed by atoms with Crippen molar-refractivity contribution in [3.63, 3.8) is 0 Å². The van der Waals surface area contributed by atoms with Crippen LogP contribution in [0.25, 0.3) is 0 Å². The van der Waals surface area contributed by atoms with E-state index < -0.39 is 0 Å². The van der Waals surface area contributed by atoms with Crippen molar-refractivity contribution in [3.05, 3.63) is 0 Å². The van der Waals surface area contributed by atoms with E-state index in [1.807, 2.05) is 0 Å². The number of carbonyl (C=O) groups is 1. The molecule has 1 nitrogen and oxygen atoms in total. The molecular weight excluding hydrogens is 136 g/mol. The number of hydrogen-bond acceptors (Lipinski definition) is 1. The molecule has 1 rings (SSSR count). The Balaban J connectivity index is 2.81. The fourth-order valence-corrected chi connectivity index (χ4v) is 1.87. The Bertz CT molecular complexity index is 170. The Morgan fingerprint density at radius 3 is 2.27 bits per heavy atom. The van der Waals surface area contributed by atoms with Gasteiger partial charge in [0.25, 0.3) is 0 Å². The summed E-state index contributed by atoms with van der Waals surface area (Å²) in [6, 6.07) is 0. The third-order valence-electron chi connectivity index (χ3n) is 3.35. The molecule has 0 heterocycles. The molecule has 0 aromatic heterocycles. The van der Waals surface area contributed by atoms with Gasteiger partial charge in [-0.3, -0.25) is 4.79 Å². The Labute approximate surface area is 69.2 Å². The van der Waals surface area contributed by atoms with Gasteiger partial charge in [-0.15, -0.1) is 0 Å². The third-order valence-corrected chi connectivity index (χ3v) is 3.35. The van der Waals surface area contributed by atoms with Gasteiger partial charge in [0, 0.05) is 11.3 Å². The standard InChI is InChI=1S/C10H18O/c1-7-5-6-8(2)10(3,4)9(7)11/h7-8H,5-6H2,1-4H3/t7?,8-/m0/s1. The van der Waals surface area contributed by atoms with Crippen molar-refractivity contribution >= 4 is 5.78 Å². The molecule has 1 aliphatic carbocycles. The largest absolute Gasteiger partial charge is 0.299 e. The van der Waals surface area contributed by atoms with Gasteiger partial charge in [-0.2, -0.15) is 0 Å². The van der Waals surface area contributed by atoms with Crippen molar-refractivity contribution in [2.45, 2.75) is 40.5 Å². The van der Waals surface area contributed by atoms with E-state index in [0.717, 1.165) is 6.42 Å². The highest BCUT2D eigenvalue weighted by molar-refractivity contribution is 5.87. The van der Waals surface area contributed by atoms with Crippen molar-refractivity contribution in [1.29, 1.82) is 0 Å². The van der Waals surface area contributed by atoms with E-state index in [9.17, 15) is 4.79 Å². The molecule has 64 valence electrons. The average molecular weight is 154 g/mol. The molecule has 11 heavy (non-hydrogen) atoms. The SMILES string of the molecule is CC1CC[C@H](C)C(C)(C)C1=O. The van der Waals surface area contributed by atoms with Crippen LogP contribution in [0, 0.1) is 17.3 Å². The fraction of sp³-hybridized carbons (Fsp3) is 0.900. The summed E-state index contributed by atoms with van der Waals surface area (Å²) in [5.74, 6) is 1.31. The first-order valence-corrected chi connectivity index (χ1v) is 4.50. The van der Waals surface area contributed by atoms with E-state index in [1.54, 1.807) is 0 Å². The van der Waals surface area contributed by atoms with Crippen LogP contribution >= 0.6 is 0 Å². The number of rotatable bonds is 0. The molecule has 0 aromatic carbocycles. The van der Waals surface area contributed by atoms with E-state index >= 15 is 0 Å². The molecule has 0 saturated heterocycles. The molecule has 2 atom stereocenters. The zero-order valence-electron chi connectivity index (χ0n) is 7.98. The van der Waals surface area contributed by atoms with Crippen LogP contribution in [0.2, 0.25) is 0 Å². The van der Waals surface area contributed by atoms with E-state index in [0.29, 0.717) is 17.6 Å². The summed E-state index contributed by atoms with van der Waals surface area (Å²) in [4.78, 5) is 11.7. The molecule has 0 aliphatic heterocycles. The van der Waals surface area contributed by atoms with E-state index in [2.05, 4.69) is 27.7 Å². The maximum absolute atomic E-state index is 11.7. The van der Waals surface area contributed by atoms with Gasteiger partial charge in [0.1, 0.15) is 5.78 Å². The molecule has 0 spiro atoms. The molecule has 1 heteroatoms. The zero-order valence-corrected chi connectivity index (χ0v) is 7.98. The smallest absolute Gasteiger partial charge is 0.141 e.